The van der Waals surface area contributed by atoms with Gasteiger partial charge in [-0.15, -0.1) is 0 Å². The van der Waals surface area contributed by atoms with E-state index >= 15 is 0 Å². The van der Waals surface area contributed by atoms with Crippen LogP contribution in [0.2, 0.25) is 0 Å². The standard InChI is InChI=1S/C12H20O4.Ca/c1-2-3-4-5-6-7-8-10(12(15)16)9-11(13)14;/h7-8,10H,2-6,9H2,1H3,(H,13,14)(H,15,16);/q;+2/p-2. The minimum absolute atomic E-state index is 0. The minimum atomic E-state index is -1.37. The Bertz CT molecular complexity index is 251. The van der Waals surface area contributed by atoms with Crippen LogP contribution in [0.5, 0.6) is 0 Å². The van der Waals surface area contributed by atoms with Crippen molar-refractivity contribution in [3.63, 3.8) is 0 Å². The van der Waals surface area contributed by atoms with Gasteiger partial charge in [-0.2, -0.15) is 0 Å². The van der Waals surface area contributed by atoms with Crippen LogP contribution in [0.25, 0.3) is 0 Å². The zero-order valence-corrected chi connectivity index (χ0v) is 12.5. The molecular formula is C12H18CaO4. The van der Waals surface area contributed by atoms with Gasteiger partial charge in [-0.05, 0) is 19.3 Å². The molecule has 0 saturated carbocycles. The average molecular weight is 266 g/mol. The van der Waals surface area contributed by atoms with Crippen LogP contribution in [0, 0.1) is 5.92 Å². The maximum absolute atomic E-state index is 10.5. The number of hydrogen-bond donors (Lipinski definition) is 0. The molecule has 1 unspecified atom stereocenters. The van der Waals surface area contributed by atoms with Gasteiger partial charge in [0.1, 0.15) is 0 Å². The molecule has 0 aliphatic heterocycles. The molecule has 0 amide bonds. The number of carbonyl (C=O) groups excluding carboxylic acids is 2. The van der Waals surface area contributed by atoms with E-state index in [0.717, 1.165) is 32.1 Å². The zero-order valence-electron chi connectivity index (χ0n) is 10.3. The molecular weight excluding hydrogens is 248 g/mol. The molecule has 0 aliphatic carbocycles. The molecule has 5 heteroatoms. The summed E-state index contributed by atoms with van der Waals surface area (Å²) in [4.78, 5) is 20.8. The van der Waals surface area contributed by atoms with Gasteiger partial charge in [-0.25, -0.2) is 0 Å². The molecule has 0 N–H and O–H groups in total. The molecule has 0 aromatic heterocycles. The Morgan fingerprint density at radius 1 is 1.18 bits per heavy atom. The van der Waals surface area contributed by atoms with Crippen LogP contribution in [-0.4, -0.2) is 49.7 Å². The van der Waals surface area contributed by atoms with Gasteiger partial charge in [0.15, 0.2) is 0 Å². The van der Waals surface area contributed by atoms with Gasteiger partial charge < -0.3 is 19.8 Å². The monoisotopic (exact) mass is 266 g/mol. The number of carbonyl (C=O) groups is 2. The Labute approximate surface area is 132 Å². The summed E-state index contributed by atoms with van der Waals surface area (Å²) in [7, 11) is 0. The largest absolute Gasteiger partial charge is 2.00 e. The molecule has 0 aromatic carbocycles. The van der Waals surface area contributed by atoms with E-state index in [1.165, 1.54) is 6.08 Å². The van der Waals surface area contributed by atoms with Gasteiger partial charge in [0, 0.05) is 17.9 Å². The van der Waals surface area contributed by atoms with Gasteiger partial charge in [-0.1, -0.05) is 38.3 Å². The number of carboxylic acids is 2. The summed E-state index contributed by atoms with van der Waals surface area (Å²) < 4.78 is 0. The predicted octanol–water partition coefficient (Wildman–Crippen LogP) is -0.362. The van der Waals surface area contributed by atoms with Crippen molar-refractivity contribution in [2.75, 3.05) is 0 Å². The fraction of sp³-hybridized carbons (Fsp3) is 0.667. The summed E-state index contributed by atoms with van der Waals surface area (Å²) in [5.41, 5.74) is 0. The van der Waals surface area contributed by atoms with Crippen LogP contribution < -0.4 is 10.2 Å². The Kier molecular flexibility index (Phi) is 14.1. The maximum Gasteiger partial charge on any atom is 2.00 e. The summed E-state index contributed by atoms with van der Waals surface area (Å²) >= 11 is 0. The van der Waals surface area contributed by atoms with Crippen molar-refractivity contribution < 1.29 is 19.8 Å². The molecule has 92 valence electrons. The van der Waals surface area contributed by atoms with E-state index in [9.17, 15) is 19.8 Å². The molecule has 0 rings (SSSR count). The molecule has 17 heavy (non-hydrogen) atoms. The van der Waals surface area contributed by atoms with E-state index in [1.807, 2.05) is 0 Å². The molecule has 0 bridgehead atoms. The number of aliphatic carboxylic acids is 2. The zero-order chi connectivity index (χ0) is 12.4. The van der Waals surface area contributed by atoms with Crippen LogP contribution in [0.4, 0.5) is 0 Å². The summed E-state index contributed by atoms with van der Waals surface area (Å²) in [6, 6.07) is 0. The maximum atomic E-state index is 10.5. The SMILES string of the molecule is CCCCCCC=CC(CC(=O)[O-])C(=O)[O-].[Ca+2]. The molecule has 0 aromatic rings. The van der Waals surface area contributed by atoms with Crippen molar-refractivity contribution in [3.8, 4) is 0 Å². The predicted molar refractivity (Wildman–Crippen MR) is 61.8 cm³/mol. The first-order valence-corrected chi connectivity index (χ1v) is 5.65. The normalized spacial score (nSPS) is 12.1. The number of unbranched alkanes of at least 4 members (excludes halogenated alkanes) is 4. The third kappa shape index (κ3) is 12.2. The first kappa shape index (κ1) is 19.3. The van der Waals surface area contributed by atoms with Crippen molar-refractivity contribution in [2.24, 2.45) is 5.92 Å². The summed E-state index contributed by atoms with van der Waals surface area (Å²) in [5, 5.41) is 20.8. The van der Waals surface area contributed by atoms with Crippen LogP contribution >= 0.6 is 0 Å². The minimum Gasteiger partial charge on any atom is -0.550 e. The third-order valence-electron chi connectivity index (χ3n) is 2.28. The van der Waals surface area contributed by atoms with E-state index in [2.05, 4.69) is 6.92 Å². The fourth-order valence-corrected chi connectivity index (χ4v) is 1.36. The van der Waals surface area contributed by atoms with E-state index in [0.29, 0.717) is 0 Å². The average Bonchev–Trinajstić information content (AvgIpc) is 2.20. The molecule has 0 spiro atoms. The van der Waals surface area contributed by atoms with Gasteiger partial charge >= 0.3 is 37.7 Å². The van der Waals surface area contributed by atoms with Crippen molar-refractivity contribution in [1.29, 1.82) is 0 Å². The smallest absolute Gasteiger partial charge is 0.550 e. The first-order valence-electron chi connectivity index (χ1n) is 5.65. The summed E-state index contributed by atoms with van der Waals surface area (Å²) in [6.45, 7) is 2.11. The van der Waals surface area contributed by atoms with E-state index < -0.39 is 24.3 Å². The molecule has 0 saturated heterocycles. The van der Waals surface area contributed by atoms with Crippen LogP contribution in [0.15, 0.2) is 12.2 Å². The second kappa shape index (κ2) is 12.4. The Morgan fingerprint density at radius 3 is 2.29 bits per heavy atom. The van der Waals surface area contributed by atoms with Crippen molar-refractivity contribution >= 4 is 49.7 Å². The molecule has 0 fully saturated rings. The van der Waals surface area contributed by atoms with Crippen molar-refractivity contribution in [1.82, 2.24) is 0 Å². The van der Waals surface area contributed by atoms with Crippen LogP contribution in [0.3, 0.4) is 0 Å². The van der Waals surface area contributed by atoms with E-state index in [-0.39, 0.29) is 37.7 Å². The molecule has 0 heterocycles. The second-order valence-corrected chi connectivity index (χ2v) is 3.78. The number of rotatable bonds is 9. The Morgan fingerprint density at radius 2 is 1.82 bits per heavy atom. The molecule has 4 nitrogen and oxygen atoms in total. The van der Waals surface area contributed by atoms with Crippen LogP contribution in [0.1, 0.15) is 45.4 Å². The Hall–Kier alpha value is -0.0603. The number of hydrogen-bond acceptors (Lipinski definition) is 4. The second-order valence-electron chi connectivity index (χ2n) is 3.78. The van der Waals surface area contributed by atoms with Crippen LogP contribution in [-0.2, 0) is 9.59 Å². The molecule has 0 radical (unpaired) electrons. The first-order chi connectivity index (χ1) is 7.57. The molecule has 1 atom stereocenters. The number of allylic oxidation sites excluding steroid dienone is 1. The third-order valence-corrected chi connectivity index (χ3v) is 2.28. The van der Waals surface area contributed by atoms with Gasteiger partial charge in [-0.3, -0.25) is 0 Å². The summed E-state index contributed by atoms with van der Waals surface area (Å²) in [5.74, 6) is -3.81. The summed E-state index contributed by atoms with van der Waals surface area (Å²) in [6.07, 6.45) is 7.76. The number of carboxylic acid groups (broad SMARTS) is 2. The van der Waals surface area contributed by atoms with Crippen molar-refractivity contribution in [2.45, 2.75) is 45.4 Å². The van der Waals surface area contributed by atoms with E-state index in [4.69, 9.17) is 0 Å². The van der Waals surface area contributed by atoms with E-state index in [1.54, 1.807) is 6.08 Å². The van der Waals surface area contributed by atoms with Gasteiger partial charge in [0.2, 0.25) is 0 Å². The van der Waals surface area contributed by atoms with Gasteiger partial charge in [0.05, 0.1) is 0 Å². The van der Waals surface area contributed by atoms with Crippen molar-refractivity contribution in [3.05, 3.63) is 12.2 Å². The fourth-order valence-electron chi connectivity index (χ4n) is 1.36. The Balaban J connectivity index is 0. The topological polar surface area (TPSA) is 80.3 Å². The van der Waals surface area contributed by atoms with Gasteiger partial charge in [0.25, 0.3) is 0 Å². The molecule has 0 aliphatic rings. The quantitative estimate of drug-likeness (QED) is 0.324.